The maximum atomic E-state index is 12.5. The van der Waals surface area contributed by atoms with Crippen molar-refractivity contribution in [2.45, 2.75) is 30.6 Å². The third-order valence-electron chi connectivity index (χ3n) is 4.55. The fourth-order valence-electron chi connectivity index (χ4n) is 2.89. The van der Waals surface area contributed by atoms with Gasteiger partial charge in [0.05, 0.1) is 10.6 Å². The largest absolute Gasteiger partial charge is 0.325 e. The van der Waals surface area contributed by atoms with Crippen molar-refractivity contribution in [3.63, 3.8) is 0 Å². The lowest BCUT2D eigenvalue weighted by molar-refractivity contribution is -0.113. The third-order valence-corrected chi connectivity index (χ3v) is 6.96. The molecule has 3 aromatic rings. The summed E-state index contributed by atoms with van der Waals surface area (Å²) in [4.78, 5) is 13.4. The van der Waals surface area contributed by atoms with Crippen molar-refractivity contribution in [1.29, 1.82) is 0 Å². The lowest BCUT2D eigenvalue weighted by Crippen LogP contribution is -2.15. The number of carbonyl (C=O) groups is 1. The Hall–Kier alpha value is -2.77. The fraction of sp³-hybridized carbons (Fsp3) is 0.174. The Morgan fingerprint density at radius 2 is 1.47 bits per heavy atom. The molecule has 0 saturated heterocycles. The average molecular weight is 441 g/mol. The molecule has 1 amide bonds. The lowest BCUT2D eigenvalue weighted by atomic mass is 10.1. The number of thioether (sulfide) groups is 1. The molecule has 2 N–H and O–H groups in total. The number of anilines is 2. The minimum Gasteiger partial charge on any atom is -0.325 e. The van der Waals surface area contributed by atoms with Crippen LogP contribution in [-0.2, 0) is 14.8 Å². The summed E-state index contributed by atoms with van der Waals surface area (Å²) >= 11 is 1.39. The van der Waals surface area contributed by atoms with Gasteiger partial charge in [0.15, 0.2) is 0 Å². The Kier molecular flexibility index (Phi) is 6.84. The second-order valence-electron chi connectivity index (χ2n) is 7.05. The molecule has 0 aliphatic heterocycles. The highest BCUT2D eigenvalue weighted by atomic mass is 32.2. The van der Waals surface area contributed by atoms with Crippen molar-refractivity contribution in [3.8, 4) is 0 Å². The fourth-order valence-corrected chi connectivity index (χ4v) is 4.64. The molecule has 0 saturated carbocycles. The van der Waals surface area contributed by atoms with Crippen molar-refractivity contribution in [3.05, 3.63) is 83.4 Å². The van der Waals surface area contributed by atoms with Gasteiger partial charge in [-0.15, -0.1) is 11.8 Å². The van der Waals surface area contributed by atoms with Gasteiger partial charge in [-0.1, -0.05) is 35.9 Å². The Balaban J connectivity index is 1.58. The van der Waals surface area contributed by atoms with E-state index in [4.69, 9.17) is 0 Å². The number of hydrogen-bond donors (Lipinski definition) is 2. The molecule has 0 heterocycles. The normalized spacial score (nSPS) is 11.2. The number of benzene rings is 3. The molecule has 30 heavy (non-hydrogen) atoms. The van der Waals surface area contributed by atoms with Crippen molar-refractivity contribution < 1.29 is 13.2 Å². The predicted molar refractivity (Wildman–Crippen MR) is 124 cm³/mol. The van der Waals surface area contributed by atoms with Gasteiger partial charge in [0, 0.05) is 16.3 Å². The highest BCUT2D eigenvalue weighted by Crippen LogP contribution is 2.24. The zero-order chi connectivity index (χ0) is 21.7. The standard InChI is InChI=1S/C23H24N2O3S2/c1-16-7-13-21(14-8-16)30(27,28)25-19-9-11-20(12-10-19)29-15-22(26)24-23-17(2)5-4-6-18(23)3/h4-14,25H,15H2,1-3H3,(H,24,26). The van der Waals surface area contributed by atoms with E-state index >= 15 is 0 Å². The summed E-state index contributed by atoms with van der Waals surface area (Å²) in [6.45, 7) is 5.83. The van der Waals surface area contributed by atoms with Gasteiger partial charge >= 0.3 is 0 Å². The molecule has 0 atom stereocenters. The number of nitrogens with one attached hydrogen (secondary N) is 2. The molecule has 0 bridgehead atoms. The third kappa shape index (κ3) is 5.64. The molecule has 156 valence electrons. The monoisotopic (exact) mass is 440 g/mol. The van der Waals surface area contributed by atoms with Crippen molar-refractivity contribution >= 4 is 39.1 Å². The van der Waals surface area contributed by atoms with Crippen LogP contribution in [0.2, 0.25) is 0 Å². The molecule has 0 aliphatic rings. The van der Waals surface area contributed by atoms with Crippen LogP contribution < -0.4 is 10.0 Å². The van der Waals surface area contributed by atoms with Crippen LogP contribution in [0, 0.1) is 20.8 Å². The molecule has 0 unspecified atom stereocenters. The number of carbonyl (C=O) groups excluding carboxylic acids is 1. The highest BCUT2D eigenvalue weighted by Gasteiger charge is 2.14. The van der Waals surface area contributed by atoms with E-state index in [1.807, 2.05) is 39.0 Å². The van der Waals surface area contributed by atoms with E-state index < -0.39 is 10.0 Å². The zero-order valence-electron chi connectivity index (χ0n) is 17.1. The van der Waals surface area contributed by atoms with Crippen LogP contribution in [0.4, 0.5) is 11.4 Å². The zero-order valence-corrected chi connectivity index (χ0v) is 18.7. The minimum atomic E-state index is -3.63. The molecular formula is C23H24N2O3S2. The minimum absolute atomic E-state index is 0.0819. The summed E-state index contributed by atoms with van der Waals surface area (Å²) in [6, 6.07) is 19.5. The molecule has 0 aromatic heterocycles. The molecule has 0 spiro atoms. The molecule has 7 heteroatoms. The van der Waals surface area contributed by atoms with Crippen molar-refractivity contribution in [2.24, 2.45) is 0 Å². The predicted octanol–water partition coefficient (Wildman–Crippen LogP) is 5.14. The Labute approximate surface area is 182 Å². The maximum absolute atomic E-state index is 12.5. The molecule has 3 rings (SSSR count). The first-order valence-corrected chi connectivity index (χ1v) is 11.9. The SMILES string of the molecule is Cc1ccc(S(=O)(=O)Nc2ccc(SCC(=O)Nc3c(C)cccc3C)cc2)cc1. The summed E-state index contributed by atoms with van der Waals surface area (Å²) in [5, 5.41) is 2.96. The van der Waals surface area contributed by atoms with Crippen LogP contribution in [0.5, 0.6) is 0 Å². The van der Waals surface area contributed by atoms with Crippen LogP contribution in [0.25, 0.3) is 0 Å². The van der Waals surface area contributed by atoms with Crippen LogP contribution in [-0.4, -0.2) is 20.1 Å². The van der Waals surface area contributed by atoms with Gasteiger partial charge in [0.1, 0.15) is 0 Å². The first-order valence-electron chi connectivity index (χ1n) is 9.43. The summed E-state index contributed by atoms with van der Waals surface area (Å²) in [7, 11) is -3.63. The average Bonchev–Trinajstić information content (AvgIpc) is 2.70. The van der Waals surface area contributed by atoms with E-state index in [-0.39, 0.29) is 16.6 Å². The maximum Gasteiger partial charge on any atom is 0.261 e. The van der Waals surface area contributed by atoms with E-state index in [2.05, 4.69) is 10.0 Å². The van der Waals surface area contributed by atoms with Gasteiger partial charge in [-0.25, -0.2) is 8.42 Å². The number of amides is 1. The molecule has 3 aromatic carbocycles. The lowest BCUT2D eigenvalue weighted by Gasteiger charge is -2.11. The summed E-state index contributed by atoms with van der Waals surface area (Å²) < 4.78 is 27.5. The van der Waals surface area contributed by atoms with Crippen LogP contribution >= 0.6 is 11.8 Å². The van der Waals surface area contributed by atoms with Crippen LogP contribution in [0.3, 0.4) is 0 Å². The smallest absolute Gasteiger partial charge is 0.261 e. The van der Waals surface area contributed by atoms with Gasteiger partial charge in [-0.3, -0.25) is 9.52 Å². The summed E-state index contributed by atoms with van der Waals surface area (Å²) in [6.07, 6.45) is 0. The van der Waals surface area contributed by atoms with Gasteiger partial charge in [0.2, 0.25) is 5.91 Å². The molecule has 0 fully saturated rings. The number of rotatable bonds is 7. The first-order chi connectivity index (χ1) is 14.2. The van der Waals surface area contributed by atoms with Gasteiger partial charge in [0.25, 0.3) is 10.0 Å². The van der Waals surface area contributed by atoms with E-state index in [0.29, 0.717) is 5.69 Å². The Bertz CT molecular complexity index is 1120. The van der Waals surface area contributed by atoms with Gasteiger partial charge in [-0.2, -0.15) is 0 Å². The van der Waals surface area contributed by atoms with E-state index in [9.17, 15) is 13.2 Å². The molecule has 5 nitrogen and oxygen atoms in total. The number of sulfonamides is 1. The van der Waals surface area contributed by atoms with Gasteiger partial charge in [-0.05, 0) is 68.3 Å². The van der Waals surface area contributed by atoms with Crippen molar-refractivity contribution in [1.82, 2.24) is 0 Å². The number of aryl methyl sites for hydroxylation is 3. The van der Waals surface area contributed by atoms with E-state index in [0.717, 1.165) is 27.3 Å². The first kappa shape index (κ1) is 21.9. The number of para-hydroxylation sites is 1. The summed E-state index contributed by atoms with van der Waals surface area (Å²) in [5.74, 6) is 0.184. The second kappa shape index (κ2) is 9.36. The topological polar surface area (TPSA) is 75.3 Å². The Morgan fingerprint density at radius 1 is 0.867 bits per heavy atom. The van der Waals surface area contributed by atoms with Crippen LogP contribution in [0.15, 0.2) is 76.5 Å². The van der Waals surface area contributed by atoms with E-state index in [1.165, 1.54) is 11.8 Å². The molecular weight excluding hydrogens is 416 g/mol. The highest BCUT2D eigenvalue weighted by molar-refractivity contribution is 8.00. The second-order valence-corrected chi connectivity index (χ2v) is 9.78. The summed E-state index contributed by atoms with van der Waals surface area (Å²) in [5.41, 5.74) is 4.37. The molecule has 0 aliphatic carbocycles. The van der Waals surface area contributed by atoms with Gasteiger partial charge < -0.3 is 5.32 Å². The quantitative estimate of drug-likeness (QED) is 0.499. The Morgan fingerprint density at radius 3 is 2.07 bits per heavy atom. The molecule has 0 radical (unpaired) electrons. The van der Waals surface area contributed by atoms with E-state index in [1.54, 1.807) is 48.5 Å². The number of hydrogen-bond acceptors (Lipinski definition) is 4. The van der Waals surface area contributed by atoms with Crippen LogP contribution in [0.1, 0.15) is 16.7 Å². The van der Waals surface area contributed by atoms with Crippen molar-refractivity contribution in [2.75, 3.05) is 15.8 Å².